The molecule has 0 bridgehead atoms. The average molecular weight is 456 g/mol. The zero-order valence-corrected chi connectivity index (χ0v) is 16.5. The zero-order valence-electron chi connectivity index (χ0n) is 12.6. The van der Waals surface area contributed by atoms with Gasteiger partial charge in [-0.1, -0.05) is 56.1 Å². The molecule has 0 aliphatic carbocycles. The van der Waals surface area contributed by atoms with Crippen molar-refractivity contribution in [3.05, 3.63) is 68.6 Å². The lowest BCUT2D eigenvalue weighted by molar-refractivity contribution is -0.118. The summed E-state index contributed by atoms with van der Waals surface area (Å²) < 4.78 is 2.07. The Morgan fingerprint density at radius 1 is 1.13 bits per heavy atom. The fourth-order valence-corrected chi connectivity index (χ4v) is 3.30. The van der Waals surface area contributed by atoms with Gasteiger partial charge in [0, 0.05) is 14.7 Å². The topological polar surface area (TPSA) is 41.5 Å². The van der Waals surface area contributed by atoms with Gasteiger partial charge in [-0.3, -0.25) is 4.79 Å². The van der Waals surface area contributed by atoms with Crippen molar-refractivity contribution < 1.29 is 4.79 Å². The van der Waals surface area contributed by atoms with Gasteiger partial charge in [-0.25, -0.2) is 5.43 Å². The highest BCUT2D eigenvalue weighted by molar-refractivity contribution is 9.10. The molecule has 0 unspecified atom stereocenters. The molecule has 0 heterocycles. The van der Waals surface area contributed by atoms with Crippen LogP contribution in [0.2, 0.25) is 0 Å². The molecular formula is C17H16Br2N2OS. The molecule has 120 valence electrons. The maximum absolute atomic E-state index is 11.8. The van der Waals surface area contributed by atoms with Crippen LogP contribution in [0.1, 0.15) is 18.1 Å². The van der Waals surface area contributed by atoms with Gasteiger partial charge >= 0.3 is 0 Å². The van der Waals surface area contributed by atoms with Crippen LogP contribution < -0.4 is 5.43 Å². The van der Waals surface area contributed by atoms with Gasteiger partial charge < -0.3 is 0 Å². The second-order valence-corrected chi connectivity index (χ2v) is 7.68. The molecule has 0 fully saturated rings. The zero-order chi connectivity index (χ0) is 16.7. The maximum Gasteiger partial charge on any atom is 0.250 e. The third-order valence-electron chi connectivity index (χ3n) is 3.00. The molecule has 0 aromatic heterocycles. The number of halogens is 2. The Bertz CT molecular complexity index is 702. The molecule has 23 heavy (non-hydrogen) atoms. The molecule has 2 aromatic rings. The smallest absolute Gasteiger partial charge is 0.250 e. The molecular weight excluding hydrogens is 440 g/mol. The molecule has 1 amide bonds. The van der Waals surface area contributed by atoms with Crippen LogP contribution in [0.15, 0.2) is 62.6 Å². The number of rotatable bonds is 6. The summed E-state index contributed by atoms with van der Waals surface area (Å²) in [6, 6.07) is 15.9. The number of hydrogen-bond acceptors (Lipinski definition) is 3. The molecule has 3 nitrogen and oxygen atoms in total. The molecule has 0 saturated carbocycles. The van der Waals surface area contributed by atoms with Crippen LogP contribution in [-0.4, -0.2) is 17.4 Å². The summed E-state index contributed by atoms with van der Waals surface area (Å²) >= 11 is 8.40. The molecule has 0 aliphatic rings. The molecule has 0 aliphatic heterocycles. The number of amides is 1. The molecule has 2 rings (SSSR count). The van der Waals surface area contributed by atoms with Gasteiger partial charge in [-0.15, -0.1) is 11.8 Å². The van der Waals surface area contributed by atoms with E-state index in [1.54, 1.807) is 11.8 Å². The van der Waals surface area contributed by atoms with Crippen LogP contribution in [0.5, 0.6) is 0 Å². The molecule has 1 N–H and O–H groups in total. The van der Waals surface area contributed by atoms with Crippen molar-refractivity contribution in [3.63, 3.8) is 0 Å². The molecule has 2 aromatic carbocycles. The van der Waals surface area contributed by atoms with Gasteiger partial charge in [-0.2, -0.15) is 5.10 Å². The Kier molecular flexibility index (Phi) is 7.33. The fourth-order valence-electron chi connectivity index (χ4n) is 1.82. The molecule has 0 spiro atoms. The predicted octanol–water partition coefficient (Wildman–Crippen LogP) is 4.99. The number of hydrogen-bond donors (Lipinski definition) is 1. The highest BCUT2D eigenvalue weighted by atomic mass is 79.9. The minimum absolute atomic E-state index is 0.0959. The van der Waals surface area contributed by atoms with Crippen molar-refractivity contribution in [1.29, 1.82) is 0 Å². The van der Waals surface area contributed by atoms with E-state index in [9.17, 15) is 4.79 Å². The lowest BCUT2D eigenvalue weighted by Gasteiger charge is -2.04. The average Bonchev–Trinajstić information content (AvgIpc) is 2.53. The quantitative estimate of drug-likeness (QED) is 0.492. The van der Waals surface area contributed by atoms with Gasteiger partial charge in [0.05, 0.1) is 11.5 Å². The SMILES string of the molecule is C/C(=N/NC(=O)CSCc1cccc(Br)c1)c1ccc(Br)cc1. The Morgan fingerprint density at radius 2 is 1.87 bits per heavy atom. The van der Waals surface area contributed by atoms with Crippen LogP contribution in [0.3, 0.4) is 0 Å². The van der Waals surface area contributed by atoms with Gasteiger partial charge in [0.25, 0.3) is 0 Å². The second kappa shape index (κ2) is 9.25. The number of thioether (sulfide) groups is 1. The van der Waals surface area contributed by atoms with Crippen LogP contribution >= 0.6 is 43.6 Å². The van der Waals surface area contributed by atoms with E-state index in [4.69, 9.17) is 0 Å². The summed E-state index contributed by atoms with van der Waals surface area (Å²) in [5.74, 6) is 1.08. The summed E-state index contributed by atoms with van der Waals surface area (Å²) in [5, 5.41) is 4.14. The number of benzene rings is 2. The summed E-state index contributed by atoms with van der Waals surface area (Å²) in [5.41, 5.74) is 5.55. The highest BCUT2D eigenvalue weighted by Gasteiger charge is 2.03. The molecule has 0 radical (unpaired) electrons. The van der Waals surface area contributed by atoms with Crippen molar-refractivity contribution in [2.24, 2.45) is 5.10 Å². The Balaban J connectivity index is 1.78. The van der Waals surface area contributed by atoms with Crippen molar-refractivity contribution in [1.82, 2.24) is 5.43 Å². The van der Waals surface area contributed by atoms with E-state index in [0.29, 0.717) is 5.75 Å². The van der Waals surface area contributed by atoms with Gasteiger partial charge in [0.15, 0.2) is 0 Å². The first kappa shape index (κ1) is 18.2. The number of carbonyl (C=O) groups excluding carboxylic acids is 1. The van der Waals surface area contributed by atoms with Crippen molar-refractivity contribution in [3.8, 4) is 0 Å². The first-order valence-electron chi connectivity index (χ1n) is 6.96. The monoisotopic (exact) mass is 454 g/mol. The largest absolute Gasteiger partial charge is 0.272 e. The van der Waals surface area contributed by atoms with Crippen LogP contribution in [-0.2, 0) is 10.5 Å². The maximum atomic E-state index is 11.8. The van der Waals surface area contributed by atoms with E-state index in [0.717, 1.165) is 26.0 Å². The summed E-state index contributed by atoms with van der Waals surface area (Å²) in [4.78, 5) is 11.8. The Hall–Kier alpha value is -1.11. The van der Waals surface area contributed by atoms with Crippen LogP contribution in [0, 0.1) is 0 Å². The van der Waals surface area contributed by atoms with E-state index in [-0.39, 0.29) is 5.91 Å². The van der Waals surface area contributed by atoms with E-state index < -0.39 is 0 Å². The second-order valence-electron chi connectivity index (χ2n) is 4.86. The van der Waals surface area contributed by atoms with Crippen LogP contribution in [0.25, 0.3) is 0 Å². The third kappa shape index (κ3) is 6.49. The minimum Gasteiger partial charge on any atom is -0.272 e. The van der Waals surface area contributed by atoms with Gasteiger partial charge in [0.2, 0.25) is 5.91 Å². The van der Waals surface area contributed by atoms with E-state index in [2.05, 4.69) is 48.5 Å². The first-order valence-corrected chi connectivity index (χ1v) is 9.70. The third-order valence-corrected chi connectivity index (χ3v) is 5.03. The van der Waals surface area contributed by atoms with Crippen molar-refractivity contribution >= 4 is 55.2 Å². The van der Waals surface area contributed by atoms with Crippen molar-refractivity contribution in [2.75, 3.05) is 5.75 Å². The van der Waals surface area contributed by atoms with Gasteiger partial charge in [-0.05, 0) is 42.3 Å². The fraction of sp³-hybridized carbons (Fsp3) is 0.176. The Morgan fingerprint density at radius 3 is 2.57 bits per heavy atom. The minimum atomic E-state index is -0.0959. The normalized spacial score (nSPS) is 11.3. The molecule has 6 heteroatoms. The lowest BCUT2D eigenvalue weighted by atomic mass is 10.1. The summed E-state index contributed by atoms with van der Waals surface area (Å²) in [7, 11) is 0. The van der Waals surface area contributed by atoms with E-state index in [1.165, 1.54) is 5.56 Å². The number of hydrazone groups is 1. The van der Waals surface area contributed by atoms with E-state index in [1.807, 2.05) is 49.4 Å². The first-order chi connectivity index (χ1) is 11.0. The standard InChI is InChI=1S/C17H16Br2N2OS/c1-12(14-5-7-15(18)8-6-14)20-21-17(22)11-23-10-13-3-2-4-16(19)9-13/h2-9H,10-11H2,1H3,(H,21,22)/b20-12-. The Labute approximate surface area is 157 Å². The highest BCUT2D eigenvalue weighted by Crippen LogP contribution is 2.17. The predicted molar refractivity (Wildman–Crippen MR) is 105 cm³/mol. The lowest BCUT2D eigenvalue weighted by Crippen LogP contribution is -2.21. The molecule has 0 atom stereocenters. The summed E-state index contributed by atoms with van der Waals surface area (Å²) in [6.45, 7) is 1.87. The number of carbonyl (C=O) groups is 1. The van der Waals surface area contributed by atoms with Gasteiger partial charge in [0.1, 0.15) is 0 Å². The van der Waals surface area contributed by atoms with Crippen molar-refractivity contribution in [2.45, 2.75) is 12.7 Å². The van der Waals surface area contributed by atoms with E-state index >= 15 is 0 Å². The van der Waals surface area contributed by atoms with Crippen LogP contribution in [0.4, 0.5) is 0 Å². The summed E-state index contributed by atoms with van der Waals surface area (Å²) in [6.07, 6.45) is 0. The number of nitrogens with one attached hydrogen (secondary N) is 1. The molecule has 0 saturated heterocycles. The number of nitrogens with zero attached hydrogens (tertiary/aromatic N) is 1.